The molecular formula is C72H96Cl2N12O12. The summed E-state index contributed by atoms with van der Waals surface area (Å²) in [6.07, 6.45) is 0.742. The third-order valence-corrected chi connectivity index (χ3v) is 19.0. The van der Waals surface area contributed by atoms with Crippen LogP contribution in [0, 0.1) is 11.8 Å². The molecule has 0 bridgehead atoms. The lowest BCUT2D eigenvalue weighted by Crippen LogP contribution is -2.61. The maximum absolute atomic E-state index is 15.5. The Kier molecular flexibility index (Phi) is 29.2. The van der Waals surface area contributed by atoms with Crippen LogP contribution in [0.1, 0.15) is 89.5 Å². The molecule has 26 heteroatoms. The van der Waals surface area contributed by atoms with Crippen LogP contribution in [0.4, 0.5) is 0 Å². The Morgan fingerprint density at radius 2 is 1.06 bits per heavy atom. The zero-order valence-electron chi connectivity index (χ0n) is 58.3. The highest BCUT2D eigenvalue weighted by molar-refractivity contribution is 6.31. The number of hydrogen-bond acceptors (Lipinski definition) is 12. The van der Waals surface area contributed by atoms with Crippen molar-refractivity contribution in [2.75, 3.05) is 81.6 Å². The second kappa shape index (κ2) is 36.6. The lowest BCUT2D eigenvalue weighted by Gasteiger charge is -2.38. The van der Waals surface area contributed by atoms with Crippen molar-refractivity contribution in [1.82, 2.24) is 60.5 Å². The van der Waals surface area contributed by atoms with Crippen molar-refractivity contribution < 1.29 is 57.5 Å². The van der Waals surface area contributed by atoms with Gasteiger partial charge in [-0.3, -0.25) is 57.5 Å². The van der Waals surface area contributed by atoms with E-state index in [0.29, 0.717) is 64.7 Å². The number of carbonyl (C=O) groups excluding carboxylic acids is 12. The normalized spacial score (nSPS) is 23.4. The molecule has 98 heavy (non-hydrogen) atoms. The molecule has 6 rings (SSSR count). The number of likely N-dealkylation sites (tertiary alicyclic amines) is 1. The van der Waals surface area contributed by atoms with Crippen LogP contribution >= 0.6 is 23.2 Å². The first-order chi connectivity index (χ1) is 46.4. The zero-order chi connectivity index (χ0) is 72.2. The van der Waals surface area contributed by atoms with Crippen molar-refractivity contribution in [2.24, 2.45) is 11.8 Å². The summed E-state index contributed by atoms with van der Waals surface area (Å²) in [6.45, 7) is 9.07. The van der Waals surface area contributed by atoms with E-state index >= 15 is 19.2 Å². The van der Waals surface area contributed by atoms with E-state index in [1.54, 1.807) is 142 Å². The highest BCUT2D eigenvalue weighted by atomic mass is 35.5. The van der Waals surface area contributed by atoms with Crippen LogP contribution in [0.3, 0.4) is 0 Å². The molecule has 2 aliphatic rings. The number of nitrogens with one attached hydrogen (secondary N) is 4. The minimum absolute atomic E-state index is 0.00611. The third kappa shape index (κ3) is 21.3. The first kappa shape index (κ1) is 78.1. The number of rotatable bonds is 13. The van der Waals surface area contributed by atoms with E-state index < -0.39 is 157 Å². The first-order valence-corrected chi connectivity index (χ1v) is 34.1. The molecule has 0 aromatic heterocycles. The van der Waals surface area contributed by atoms with E-state index in [9.17, 15) is 38.4 Å². The molecule has 4 aromatic rings. The number of likely N-dealkylation sites (N-methyl/N-ethyl adjacent to an activating group) is 7. The summed E-state index contributed by atoms with van der Waals surface area (Å²) < 4.78 is 0. The average Bonchev–Trinajstić information content (AvgIpc) is 0.875. The van der Waals surface area contributed by atoms with Crippen LogP contribution in [0.15, 0.2) is 109 Å². The Morgan fingerprint density at radius 1 is 0.500 bits per heavy atom. The van der Waals surface area contributed by atoms with Gasteiger partial charge in [0.05, 0.1) is 26.1 Å². The Morgan fingerprint density at radius 3 is 1.63 bits per heavy atom. The summed E-state index contributed by atoms with van der Waals surface area (Å²) in [5.41, 5.74) is 2.37. The molecule has 12 amide bonds. The minimum Gasteiger partial charge on any atom is -0.342 e. The smallest absolute Gasteiger partial charge is 0.246 e. The Balaban J connectivity index is 1.45. The largest absolute Gasteiger partial charge is 0.342 e. The predicted molar refractivity (Wildman–Crippen MR) is 372 cm³/mol. The maximum Gasteiger partial charge on any atom is 0.246 e. The zero-order valence-corrected chi connectivity index (χ0v) is 59.8. The Bertz CT molecular complexity index is 3470. The van der Waals surface area contributed by atoms with Crippen LogP contribution in [0.25, 0.3) is 0 Å². The van der Waals surface area contributed by atoms with Gasteiger partial charge in [0.15, 0.2) is 0 Å². The molecule has 1 unspecified atom stereocenters. The molecule has 0 radical (unpaired) electrons. The van der Waals surface area contributed by atoms with Crippen molar-refractivity contribution in [1.29, 1.82) is 0 Å². The summed E-state index contributed by atoms with van der Waals surface area (Å²) in [5, 5.41) is 12.0. The SMILES string of the molecule is CC[C@H](C)[C@@H]1NC(=O)[C@H](C)N(C)C(=O)CC(C(=O)N2CCCC2)NC(=O)[C@H](C(C)C)N(C)C(=O)[C@H](Cc2ccccc2)N(C)C(=O)[C@H](Cc2ccccc2)NC(=O)[C@H](Cc2cccc(Cl)c2)NC(=O)CN(C)C(=O)[C@H](Cc2ccc(Cl)cc2)N(C)C(=O)CN(C)C(=O)CN(CC)C1=O. The molecular weight excluding hydrogens is 1300 g/mol. The standard InChI is InChI=1S/C72H96Cl2N12O12/c1-13-46(5)63-72(98)85(14-2)44-61(89)79(7)43-62(90)82(10)57(40-50-30-32-52(73)33-31-50)70(96)80(8)42-59(87)75-54(38-51-28-23-29-53(74)36-51)66(92)76-55(37-48-24-17-15-18-25-48)68(94)83(11)58(39-49-26-19-16-20-27-49)71(97)84(12)64(45(3)4)67(93)77-56(69(95)86-34-21-22-35-86)41-60(88)81(9)47(6)65(91)78-63/h15-20,23-33,36,45-47,54-58,63-64H,13-14,21-22,34-35,37-44H2,1-12H3,(H,75,87)(H,76,92)(H,77,93)(H,78,91)/t46-,47-,54-,55-,56?,57-,58-,63-,64-/m0/s1. The summed E-state index contributed by atoms with van der Waals surface area (Å²) in [4.78, 5) is 187. The molecule has 2 aliphatic heterocycles. The lowest BCUT2D eigenvalue weighted by atomic mass is 9.97. The number of nitrogens with zero attached hydrogens (tertiary/aromatic N) is 8. The first-order valence-electron chi connectivity index (χ1n) is 33.3. The van der Waals surface area contributed by atoms with Crippen molar-refractivity contribution in [3.05, 3.63) is 141 Å². The molecule has 0 saturated carbocycles. The molecule has 0 spiro atoms. The summed E-state index contributed by atoms with van der Waals surface area (Å²) >= 11 is 12.7. The summed E-state index contributed by atoms with van der Waals surface area (Å²) in [5.74, 6) is -9.61. The third-order valence-electron chi connectivity index (χ3n) is 18.5. The van der Waals surface area contributed by atoms with Gasteiger partial charge in [0.2, 0.25) is 70.9 Å². The highest BCUT2D eigenvalue weighted by Crippen LogP contribution is 2.23. The molecule has 2 saturated heterocycles. The quantitative estimate of drug-likeness (QED) is 0.148. The number of benzene rings is 4. The second-order valence-corrected chi connectivity index (χ2v) is 26.9. The highest BCUT2D eigenvalue weighted by Gasteiger charge is 2.42. The van der Waals surface area contributed by atoms with E-state index in [0.717, 1.165) is 19.6 Å². The topological polar surface area (TPSA) is 279 Å². The van der Waals surface area contributed by atoms with Gasteiger partial charge < -0.3 is 60.5 Å². The van der Waals surface area contributed by atoms with E-state index in [4.69, 9.17) is 23.2 Å². The molecule has 2 fully saturated rings. The van der Waals surface area contributed by atoms with E-state index in [2.05, 4.69) is 21.3 Å². The van der Waals surface area contributed by atoms with Gasteiger partial charge in [0.1, 0.15) is 48.3 Å². The molecule has 530 valence electrons. The second-order valence-electron chi connectivity index (χ2n) is 26.0. The van der Waals surface area contributed by atoms with E-state index in [-0.39, 0.29) is 32.2 Å². The fourth-order valence-electron chi connectivity index (χ4n) is 12.1. The Hall–Kier alpha value is -8.90. The van der Waals surface area contributed by atoms with Gasteiger partial charge in [-0.25, -0.2) is 0 Å². The molecule has 0 aliphatic carbocycles. The lowest BCUT2D eigenvalue weighted by molar-refractivity contribution is -0.150. The monoisotopic (exact) mass is 1390 g/mol. The average molecular weight is 1390 g/mol. The van der Waals surface area contributed by atoms with Crippen LogP contribution in [-0.2, 0) is 83.2 Å². The van der Waals surface area contributed by atoms with Gasteiger partial charge in [0.25, 0.3) is 0 Å². The van der Waals surface area contributed by atoms with Gasteiger partial charge in [-0.2, -0.15) is 0 Å². The predicted octanol–water partition coefficient (Wildman–Crippen LogP) is 4.02. The van der Waals surface area contributed by atoms with Crippen LogP contribution in [0.5, 0.6) is 0 Å². The summed E-state index contributed by atoms with van der Waals surface area (Å²) in [7, 11) is 8.30. The number of halogens is 2. The van der Waals surface area contributed by atoms with Gasteiger partial charge in [-0.15, -0.1) is 0 Å². The fraction of sp³-hybridized carbons (Fsp3) is 0.500. The molecule has 4 N–H and O–H groups in total. The van der Waals surface area contributed by atoms with Crippen molar-refractivity contribution in [3.8, 4) is 0 Å². The van der Waals surface area contributed by atoms with Crippen molar-refractivity contribution in [2.45, 2.75) is 141 Å². The number of carbonyl (C=O) groups is 12. The summed E-state index contributed by atoms with van der Waals surface area (Å²) in [6, 6.07) is 20.2. The van der Waals surface area contributed by atoms with Crippen LogP contribution in [-0.4, -0.2) is 240 Å². The van der Waals surface area contributed by atoms with E-state index in [1.165, 1.54) is 63.9 Å². The minimum atomic E-state index is -1.48. The van der Waals surface area contributed by atoms with Gasteiger partial charge in [-0.05, 0) is 85.0 Å². The van der Waals surface area contributed by atoms with Crippen LogP contribution in [0.2, 0.25) is 10.0 Å². The molecule has 9 atom stereocenters. The molecule has 24 nitrogen and oxygen atoms in total. The Labute approximate surface area is 585 Å². The maximum atomic E-state index is 15.5. The van der Waals surface area contributed by atoms with Crippen LogP contribution < -0.4 is 21.3 Å². The number of hydrogen-bond donors (Lipinski definition) is 4. The van der Waals surface area contributed by atoms with Crippen molar-refractivity contribution in [3.63, 3.8) is 0 Å². The van der Waals surface area contributed by atoms with E-state index in [1.807, 2.05) is 6.92 Å². The molecule has 4 aromatic carbocycles. The fourth-order valence-corrected chi connectivity index (χ4v) is 12.4. The van der Waals surface area contributed by atoms with Crippen molar-refractivity contribution >= 4 is 94.1 Å². The van der Waals surface area contributed by atoms with Gasteiger partial charge in [0, 0.05) is 97.6 Å². The number of amides is 12. The van der Waals surface area contributed by atoms with Gasteiger partial charge in [-0.1, -0.05) is 142 Å². The van der Waals surface area contributed by atoms with Gasteiger partial charge >= 0.3 is 0 Å². The molecule has 2 heterocycles.